The Kier molecular flexibility index (Phi) is 4.67. The number of carbonyl (C=O) groups excluding carboxylic acids is 1. The van der Waals surface area contributed by atoms with Crippen molar-refractivity contribution in [3.8, 4) is 5.75 Å². The number of Topliss-reactive ketones (excluding diaryl/α,β-unsaturated/α-hetero) is 1. The molecule has 1 saturated carbocycles. The summed E-state index contributed by atoms with van der Waals surface area (Å²) in [4.78, 5) is 12.9. The van der Waals surface area contributed by atoms with Crippen LogP contribution < -0.4 is 4.74 Å². The molecule has 1 aliphatic carbocycles. The second kappa shape index (κ2) is 6.08. The van der Waals surface area contributed by atoms with Gasteiger partial charge in [-0.3, -0.25) is 4.79 Å². The molecule has 0 spiro atoms. The van der Waals surface area contributed by atoms with Gasteiger partial charge in [0.25, 0.3) is 0 Å². The number of carbonyl (C=O) groups is 1. The Bertz CT molecular complexity index is 462. The third kappa shape index (κ3) is 3.19. The maximum absolute atomic E-state index is 12.9. The number of benzene rings is 1. The van der Waals surface area contributed by atoms with Gasteiger partial charge in [0.05, 0.1) is 12.2 Å². The van der Waals surface area contributed by atoms with E-state index in [1.807, 2.05) is 25.1 Å². The van der Waals surface area contributed by atoms with Crippen LogP contribution in [0.4, 0.5) is 0 Å². The van der Waals surface area contributed by atoms with Gasteiger partial charge in [-0.2, -0.15) is 0 Å². The highest BCUT2D eigenvalue weighted by atomic mass is 79.9. The Labute approximate surface area is 123 Å². The van der Waals surface area contributed by atoms with Gasteiger partial charge < -0.3 is 4.74 Å². The summed E-state index contributed by atoms with van der Waals surface area (Å²) >= 11 is 3.45. The molecule has 0 unspecified atom stereocenters. The molecule has 0 N–H and O–H groups in total. The zero-order chi connectivity index (χ0) is 13.9. The number of ketones is 1. The van der Waals surface area contributed by atoms with Gasteiger partial charge in [-0.1, -0.05) is 42.1 Å². The normalized spacial score (nSPS) is 18.1. The molecule has 2 rings (SSSR count). The van der Waals surface area contributed by atoms with Gasteiger partial charge >= 0.3 is 0 Å². The molecule has 19 heavy (non-hydrogen) atoms. The largest absolute Gasteiger partial charge is 0.493 e. The summed E-state index contributed by atoms with van der Waals surface area (Å²) < 4.78 is 6.54. The molecule has 0 amide bonds. The highest BCUT2D eigenvalue weighted by Gasteiger charge is 2.36. The van der Waals surface area contributed by atoms with E-state index in [1.54, 1.807) is 0 Å². The Balaban J connectivity index is 2.33. The molecular formula is C16H21BrO2. The fourth-order valence-electron chi connectivity index (χ4n) is 2.85. The minimum Gasteiger partial charge on any atom is -0.493 e. The molecular weight excluding hydrogens is 304 g/mol. The van der Waals surface area contributed by atoms with E-state index < -0.39 is 0 Å². The van der Waals surface area contributed by atoms with Gasteiger partial charge in [0.1, 0.15) is 5.75 Å². The van der Waals surface area contributed by atoms with E-state index >= 15 is 0 Å². The molecule has 3 heteroatoms. The van der Waals surface area contributed by atoms with Crippen molar-refractivity contribution in [3.63, 3.8) is 0 Å². The first-order valence-corrected chi connectivity index (χ1v) is 7.83. The van der Waals surface area contributed by atoms with E-state index in [2.05, 4.69) is 22.9 Å². The smallest absolute Gasteiger partial charge is 0.172 e. The van der Waals surface area contributed by atoms with Crippen molar-refractivity contribution in [1.82, 2.24) is 0 Å². The molecule has 2 nitrogen and oxygen atoms in total. The van der Waals surface area contributed by atoms with Crippen LogP contribution in [0.3, 0.4) is 0 Å². The molecule has 1 aliphatic rings. The summed E-state index contributed by atoms with van der Waals surface area (Å²) in [7, 11) is 0. The van der Waals surface area contributed by atoms with E-state index in [0.29, 0.717) is 12.4 Å². The predicted octanol–water partition coefficient (Wildman–Crippen LogP) is 5.00. The average molecular weight is 325 g/mol. The summed E-state index contributed by atoms with van der Waals surface area (Å²) in [5, 5.41) is 0. The summed E-state index contributed by atoms with van der Waals surface area (Å²) in [6.45, 7) is 4.63. The second-order valence-electron chi connectivity index (χ2n) is 5.52. The van der Waals surface area contributed by atoms with Crippen LogP contribution in [0.15, 0.2) is 22.7 Å². The van der Waals surface area contributed by atoms with Crippen molar-refractivity contribution < 1.29 is 9.53 Å². The first kappa shape index (κ1) is 14.6. The molecule has 1 aromatic carbocycles. The SMILES string of the molecule is CCOc1ccc(Br)cc1C(=O)C1(C)CCCCC1. The summed E-state index contributed by atoms with van der Waals surface area (Å²) in [5.74, 6) is 0.944. The van der Waals surface area contributed by atoms with Crippen LogP contribution in [0.25, 0.3) is 0 Å². The molecule has 0 atom stereocenters. The number of hydrogen-bond donors (Lipinski definition) is 0. The zero-order valence-electron chi connectivity index (χ0n) is 11.7. The Morgan fingerprint density at radius 3 is 2.63 bits per heavy atom. The second-order valence-corrected chi connectivity index (χ2v) is 6.44. The van der Waals surface area contributed by atoms with Crippen LogP contribution in [0, 0.1) is 5.41 Å². The van der Waals surface area contributed by atoms with Crippen molar-refractivity contribution in [2.45, 2.75) is 46.0 Å². The average Bonchev–Trinajstić information content (AvgIpc) is 2.41. The standard InChI is InChI=1S/C16H21BrO2/c1-3-19-14-8-7-12(17)11-13(14)15(18)16(2)9-5-4-6-10-16/h7-8,11H,3-6,9-10H2,1-2H3. The van der Waals surface area contributed by atoms with Crippen molar-refractivity contribution in [2.24, 2.45) is 5.41 Å². The molecule has 104 valence electrons. The van der Waals surface area contributed by atoms with Crippen LogP contribution in [-0.2, 0) is 0 Å². The lowest BCUT2D eigenvalue weighted by Gasteiger charge is -2.32. The van der Waals surface area contributed by atoms with Crippen LogP contribution >= 0.6 is 15.9 Å². The molecule has 0 aromatic heterocycles. The fraction of sp³-hybridized carbons (Fsp3) is 0.562. The fourth-order valence-corrected chi connectivity index (χ4v) is 3.21. The first-order chi connectivity index (χ1) is 9.07. The minimum atomic E-state index is -0.217. The molecule has 0 heterocycles. The third-order valence-corrected chi connectivity index (χ3v) is 4.48. The molecule has 0 radical (unpaired) electrons. The van der Waals surface area contributed by atoms with Crippen LogP contribution in [-0.4, -0.2) is 12.4 Å². The maximum Gasteiger partial charge on any atom is 0.172 e. The quantitative estimate of drug-likeness (QED) is 0.728. The van der Waals surface area contributed by atoms with Gasteiger partial charge in [0.15, 0.2) is 5.78 Å². The van der Waals surface area contributed by atoms with Gasteiger partial charge in [0.2, 0.25) is 0 Å². The minimum absolute atomic E-state index is 0.217. The number of rotatable bonds is 4. The van der Waals surface area contributed by atoms with Crippen LogP contribution in [0.5, 0.6) is 5.75 Å². The van der Waals surface area contributed by atoms with E-state index in [1.165, 1.54) is 6.42 Å². The lowest BCUT2D eigenvalue weighted by molar-refractivity contribution is 0.0745. The summed E-state index contributed by atoms with van der Waals surface area (Å²) in [6, 6.07) is 5.70. The Hall–Kier alpha value is -0.830. The van der Waals surface area contributed by atoms with Crippen molar-refractivity contribution in [3.05, 3.63) is 28.2 Å². The lowest BCUT2D eigenvalue weighted by Crippen LogP contribution is -2.30. The Morgan fingerprint density at radius 2 is 2.00 bits per heavy atom. The third-order valence-electron chi connectivity index (χ3n) is 3.99. The highest BCUT2D eigenvalue weighted by molar-refractivity contribution is 9.10. The molecule has 1 fully saturated rings. The van der Waals surface area contributed by atoms with E-state index in [4.69, 9.17) is 4.74 Å². The van der Waals surface area contributed by atoms with Crippen LogP contribution in [0.2, 0.25) is 0 Å². The van der Waals surface area contributed by atoms with Gasteiger partial charge in [-0.05, 0) is 38.0 Å². The summed E-state index contributed by atoms with van der Waals surface area (Å²) in [5.41, 5.74) is 0.505. The zero-order valence-corrected chi connectivity index (χ0v) is 13.3. The number of ether oxygens (including phenoxy) is 1. The van der Waals surface area contributed by atoms with E-state index in [-0.39, 0.29) is 11.2 Å². The predicted molar refractivity (Wildman–Crippen MR) is 80.8 cm³/mol. The number of hydrogen-bond acceptors (Lipinski definition) is 2. The first-order valence-electron chi connectivity index (χ1n) is 7.04. The topological polar surface area (TPSA) is 26.3 Å². The van der Waals surface area contributed by atoms with Gasteiger partial charge in [0, 0.05) is 9.89 Å². The molecule has 1 aromatic rings. The van der Waals surface area contributed by atoms with Gasteiger partial charge in [-0.25, -0.2) is 0 Å². The van der Waals surface area contributed by atoms with Gasteiger partial charge in [-0.15, -0.1) is 0 Å². The maximum atomic E-state index is 12.9. The lowest BCUT2D eigenvalue weighted by atomic mass is 9.71. The highest BCUT2D eigenvalue weighted by Crippen LogP contribution is 2.40. The van der Waals surface area contributed by atoms with E-state index in [0.717, 1.165) is 35.7 Å². The summed E-state index contributed by atoms with van der Waals surface area (Å²) in [6.07, 6.45) is 5.54. The van der Waals surface area contributed by atoms with Crippen molar-refractivity contribution in [1.29, 1.82) is 0 Å². The van der Waals surface area contributed by atoms with Crippen molar-refractivity contribution >= 4 is 21.7 Å². The van der Waals surface area contributed by atoms with E-state index in [9.17, 15) is 4.79 Å². The Morgan fingerprint density at radius 1 is 1.32 bits per heavy atom. The molecule has 0 bridgehead atoms. The molecule has 0 saturated heterocycles. The van der Waals surface area contributed by atoms with Crippen LogP contribution in [0.1, 0.15) is 56.3 Å². The monoisotopic (exact) mass is 324 g/mol. The number of halogens is 1. The molecule has 0 aliphatic heterocycles. The van der Waals surface area contributed by atoms with Crippen molar-refractivity contribution in [2.75, 3.05) is 6.61 Å².